The number of thiocarbonyl (C=S) groups is 1. The smallest absolute Gasteiger partial charge is 0.264 e. The second-order valence-electron chi connectivity index (χ2n) is 4.18. The molecule has 0 aromatic heterocycles. The number of methoxy groups -OCH3 is 1. The van der Waals surface area contributed by atoms with Crippen LogP contribution in [0, 0.1) is 0 Å². The predicted molar refractivity (Wildman–Crippen MR) is 81.4 cm³/mol. The summed E-state index contributed by atoms with van der Waals surface area (Å²) >= 11 is 10.9. The van der Waals surface area contributed by atoms with E-state index >= 15 is 0 Å². The molecule has 1 aromatic carbocycles. The van der Waals surface area contributed by atoms with Crippen LogP contribution in [0.4, 0.5) is 5.69 Å². The van der Waals surface area contributed by atoms with Gasteiger partial charge in [0, 0.05) is 13.0 Å². The summed E-state index contributed by atoms with van der Waals surface area (Å²) in [7, 11) is 1.47. The third-order valence-corrected chi connectivity index (χ3v) is 3.51. The second-order valence-corrected chi connectivity index (χ2v) is 5.03. The van der Waals surface area contributed by atoms with Crippen LogP contribution in [-0.4, -0.2) is 29.7 Å². The standard InChI is InChI=1S/C13H13ClN2O3S/c1-19-11-7(14)3-2-4-8(11)16-6-5-9(17)10(12(15)20)13(16)18/h2-4,17H,5-6H2,1H3,(H2,15,20). The minimum absolute atomic E-state index is 0.0340. The molecule has 1 aliphatic rings. The van der Waals surface area contributed by atoms with E-state index in [0.29, 0.717) is 23.0 Å². The van der Waals surface area contributed by atoms with Crippen molar-refractivity contribution in [2.75, 3.05) is 18.6 Å². The number of aliphatic hydroxyl groups is 1. The Morgan fingerprint density at radius 1 is 1.55 bits per heavy atom. The van der Waals surface area contributed by atoms with Gasteiger partial charge in [0.05, 0.1) is 17.8 Å². The molecule has 0 spiro atoms. The number of hydrogen-bond donors (Lipinski definition) is 2. The molecule has 0 bridgehead atoms. The molecule has 0 radical (unpaired) electrons. The normalized spacial score (nSPS) is 15.5. The molecular weight excluding hydrogens is 300 g/mol. The molecule has 0 fully saturated rings. The van der Waals surface area contributed by atoms with Crippen LogP contribution >= 0.6 is 23.8 Å². The van der Waals surface area contributed by atoms with E-state index in [1.807, 2.05) is 0 Å². The van der Waals surface area contributed by atoms with Gasteiger partial charge in [0.15, 0.2) is 5.75 Å². The number of rotatable bonds is 3. The lowest BCUT2D eigenvalue weighted by Crippen LogP contribution is -2.41. The molecule has 1 amide bonds. The van der Waals surface area contributed by atoms with Gasteiger partial charge >= 0.3 is 0 Å². The lowest BCUT2D eigenvalue weighted by atomic mass is 10.1. The number of amides is 1. The number of nitrogens with two attached hydrogens (primary N) is 1. The molecule has 3 N–H and O–H groups in total. The number of aliphatic hydroxyl groups excluding tert-OH is 1. The minimum Gasteiger partial charge on any atom is -0.511 e. The van der Waals surface area contributed by atoms with Gasteiger partial charge in [-0.05, 0) is 12.1 Å². The minimum atomic E-state index is -0.457. The molecule has 20 heavy (non-hydrogen) atoms. The highest BCUT2D eigenvalue weighted by atomic mass is 35.5. The number of ether oxygens (including phenoxy) is 1. The van der Waals surface area contributed by atoms with Crippen molar-refractivity contribution in [2.45, 2.75) is 6.42 Å². The molecular formula is C13H13ClN2O3S. The van der Waals surface area contributed by atoms with E-state index in [-0.39, 0.29) is 22.7 Å². The molecule has 0 saturated carbocycles. The van der Waals surface area contributed by atoms with Gasteiger partial charge in [-0.2, -0.15) is 0 Å². The summed E-state index contributed by atoms with van der Waals surface area (Å²) in [6, 6.07) is 5.09. The number of halogens is 1. The topological polar surface area (TPSA) is 75.8 Å². The highest BCUT2D eigenvalue weighted by Gasteiger charge is 2.31. The average Bonchev–Trinajstić information content (AvgIpc) is 2.38. The number of anilines is 1. The van der Waals surface area contributed by atoms with E-state index in [1.54, 1.807) is 18.2 Å². The van der Waals surface area contributed by atoms with Crippen LogP contribution in [0.5, 0.6) is 5.75 Å². The first-order chi connectivity index (χ1) is 9.47. The molecule has 0 unspecified atom stereocenters. The molecule has 0 saturated heterocycles. The number of nitrogens with zero attached hydrogens (tertiary/aromatic N) is 1. The molecule has 0 aliphatic carbocycles. The Morgan fingerprint density at radius 3 is 2.85 bits per heavy atom. The van der Waals surface area contributed by atoms with Crippen molar-refractivity contribution in [1.29, 1.82) is 0 Å². The lowest BCUT2D eigenvalue weighted by Gasteiger charge is -2.29. The van der Waals surface area contributed by atoms with Crippen LogP contribution in [0.1, 0.15) is 6.42 Å². The zero-order chi connectivity index (χ0) is 14.9. The fraction of sp³-hybridized carbons (Fsp3) is 0.231. The van der Waals surface area contributed by atoms with Gasteiger partial charge in [-0.3, -0.25) is 4.79 Å². The zero-order valence-corrected chi connectivity index (χ0v) is 12.3. The summed E-state index contributed by atoms with van der Waals surface area (Å²) in [5.41, 5.74) is 5.98. The molecule has 106 valence electrons. The van der Waals surface area contributed by atoms with Crippen molar-refractivity contribution in [1.82, 2.24) is 0 Å². The lowest BCUT2D eigenvalue weighted by molar-refractivity contribution is -0.115. The summed E-state index contributed by atoms with van der Waals surface area (Å²) in [5.74, 6) is -0.146. The van der Waals surface area contributed by atoms with E-state index in [4.69, 9.17) is 34.3 Å². The van der Waals surface area contributed by atoms with Gasteiger partial charge in [0.1, 0.15) is 16.3 Å². The molecule has 1 heterocycles. The fourth-order valence-electron chi connectivity index (χ4n) is 2.09. The number of hydrogen-bond acceptors (Lipinski definition) is 4. The molecule has 1 aromatic rings. The highest BCUT2D eigenvalue weighted by Crippen LogP contribution is 2.37. The molecule has 2 rings (SSSR count). The van der Waals surface area contributed by atoms with Gasteiger partial charge in [0.25, 0.3) is 5.91 Å². The van der Waals surface area contributed by atoms with Crippen LogP contribution in [0.25, 0.3) is 0 Å². The molecule has 1 aliphatic heterocycles. The van der Waals surface area contributed by atoms with Gasteiger partial charge < -0.3 is 20.5 Å². The highest BCUT2D eigenvalue weighted by molar-refractivity contribution is 7.80. The number of carbonyl (C=O) groups excluding carboxylic acids is 1. The quantitative estimate of drug-likeness (QED) is 0.837. The van der Waals surface area contributed by atoms with Crippen molar-refractivity contribution >= 4 is 40.4 Å². The Morgan fingerprint density at radius 2 is 2.25 bits per heavy atom. The van der Waals surface area contributed by atoms with Crippen LogP contribution in [-0.2, 0) is 4.79 Å². The monoisotopic (exact) mass is 312 g/mol. The third kappa shape index (κ3) is 2.44. The van der Waals surface area contributed by atoms with Crippen LogP contribution < -0.4 is 15.4 Å². The Bertz CT molecular complexity index is 616. The van der Waals surface area contributed by atoms with E-state index in [0.717, 1.165) is 0 Å². The van der Waals surface area contributed by atoms with Crippen molar-refractivity contribution in [3.05, 3.63) is 34.6 Å². The SMILES string of the molecule is COc1c(Cl)cccc1N1CCC(O)=C(C(N)=S)C1=O. The van der Waals surface area contributed by atoms with Crippen LogP contribution in [0.3, 0.4) is 0 Å². The Hall–Kier alpha value is -1.79. The Balaban J connectivity index is 2.49. The van der Waals surface area contributed by atoms with E-state index in [2.05, 4.69) is 0 Å². The van der Waals surface area contributed by atoms with E-state index < -0.39 is 5.91 Å². The van der Waals surface area contributed by atoms with Crippen molar-refractivity contribution in [2.24, 2.45) is 5.73 Å². The number of benzene rings is 1. The number of carbonyl (C=O) groups is 1. The maximum atomic E-state index is 12.4. The van der Waals surface area contributed by atoms with Gasteiger partial charge in [0.2, 0.25) is 0 Å². The fourth-order valence-corrected chi connectivity index (χ4v) is 2.54. The molecule has 5 nitrogen and oxygen atoms in total. The number of para-hydroxylation sites is 1. The molecule has 0 atom stereocenters. The van der Waals surface area contributed by atoms with Gasteiger partial charge in [-0.15, -0.1) is 0 Å². The summed E-state index contributed by atoms with van der Waals surface area (Å²) in [6.07, 6.45) is 0.272. The predicted octanol–water partition coefficient (Wildman–Crippen LogP) is 2.18. The van der Waals surface area contributed by atoms with Crippen molar-refractivity contribution in [3.63, 3.8) is 0 Å². The Labute approximate surface area is 126 Å². The average molecular weight is 313 g/mol. The summed E-state index contributed by atoms with van der Waals surface area (Å²) < 4.78 is 5.23. The Kier molecular flexibility index (Phi) is 4.15. The first-order valence-corrected chi connectivity index (χ1v) is 6.62. The first kappa shape index (κ1) is 14.6. The summed E-state index contributed by atoms with van der Waals surface area (Å²) in [5, 5.41) is 10.2. The largest absolute Gasteiger partial charge is 0.511 e. The van der Waals surface area contributed by atoms with Crippen LogP contribution in [0.15, 0.2) is 29.5 Å². The van der Waals surface area contributed by atoms with Crippen molar-refractivity contribution in [3.8, 4) is 5.75 Å². The summed E-state index contributed by atoms with van der Waals surface area (Å²) in [4.78, 5) is 13.7. The van der Waals surface area contributed by atoms with Crippen molar-refractivity contribution < 1.29 is 14.6 Å². The second kappa shape index (κ2) is 5.68. The maximum absolute atomic E-state index is 12.4. The zero-order valence-electron chi connectivity index (χ0n) is 10.7. The van der Waals surface area contributed by atoms with E-state index in [1.165, 1.54) is 12.0 Å². The van der Waals surface area contributed by atoms with E-state index in [9.17, 15) is 9.90 Å². The van der Waals surface area contributed by atoms with Gasteiger partial charge in [-0.1, -0.05) is 29.9 Å². The molecule has 7 heteroatoms. The summed E-state index contributed by atoms with van der Waals surface area (Å²) in [6.45, 7) is 0.299. The first-order valence-electron chi connectivity index (χ1n) is 5.83. The van der Waals surface area contributed by atoms with Gasteiger partial charge in [-0.25, -0.2) is 0 Å². The third-order valence-electron chi connectivity index (χ3n) is 3.01. The maximum Gasteiger partial charge on any atom is 0.264 e. The van der Waals surface area contributed by atoms with Crippen LogP contribution in [0.2, 0.25) is 5.02 Å².